The first-order chi connectivity index (χ1) is 9.61. The quantitative estimate of drug-likeness (QED) is 0.879. The van der Waals surface area contributed by atoms with Crippen LogP contribution in [0.3, 0.4) is 0 Å². The van der Waals surface area contributed by atoms with Gasteiger partial charge in [-0.1, -0.05) is 24.3 Å². The normalized spacial score (nSPS) is 12.2. The molecule has 3 nitrogen and oxygen atoms in total. The Balaban J connectivity index is 2.03. The van der Waals surface area contributed by atoms with E-state index in [-0.39, 0.29) is 17.6 Å². The van der Waals surface area contributed by atoms with Crippen molar-refractivity contribution in [2.45, 2.75) is 19.5 Å². The fourth-order valence-electron chi connectivity index (χ4n) is 2.01. The smallest absolute Gasteiger partial charge is 0.162 e. The second kappa shape index (κ2) is 6.39. The number of hydrogen-bond donors (Lipinski definition) is 2. The van der Waals surface area contributed by atoms with Crippen molar-refractivity contribution >= 4 is 0 Å². The summed E-state index contributed by atoms with van der Waals surface area (Å²) >= 11 is 0. The van der Waals surface area contributed by atoms with Crippen molar-refractivity contribution in [1.82, 2.24) is 5.32 Å². The highest BCUT2D eigenvalue weighted by Gasteiger charge is 2.09. The van der Waals surface area contributed by atoms with Crippen LogP contribution in [0.5, 0.6) is 11.5 Å². The number of halogens is 1. The van der Waals surface area contributed by atoms with Gasteiger partial charge in [-0.2, -0.15) is 0 Å². The van der Waals surface area contributed by atoms with Crippen LogP contribution in [0.1, 0.15) is 24.1 Å². The molecule has 106 valence electrons. The molecule has 2 rings (SSSR count). The number of para-hydroxylation sites is 1. The average Bonchev–Trinajstić information content (AvgIpc) is 2.46. The number of nitrogens with one attached hydrogen (secondary N) is 1. The molecule has 0 amide bonds. The topological polar surface area (TPSA) is 41.5 Å². The molecule has 0 aliphatic heterocycles. The van der Waals surface area contributed by atoms with Crippen LogP contribution in [0.15, 0.2) is 42.5 Å². The van der Waals surface area contributed by atoms with Crippen LogP contribution in [0.25, 0.3) is 0 Å². The van der Waals surface area contributed by atoms with Gasteiger partial charge < -0.3 is 15.2 Å². The van der Waals surface area contributed by atoms with Crippen molar-refractivity contribution in [3.63, 3.8) is 0 Å². The lowest BCUT2D eigenvalue weighted by molar-refractivity contribution is 0.369. The third-order valence-corrected chi connectivity index (χ3v) is 3.27. The molecular formula is C16H18FNO2. The van der Waals surface area contributed by atoms with Gasteiger partial charge in [-0.05, 0) is 30.7 Å². The number of phenolic OH excluding ortho intramolecular Hbond substituents is 1. The maximum atomic E-state index is 12.9. The number of methoxy groups -OCH3 is 1. The van der Waals surface area contributed by atoms with Crippen LogP contribution in [-0.4, -0.2) is 12.2 Å². The van der Waals surface area contributed by atoms with Crippen molar-refractivity contribution in [1.29, 1.82) is 0 Å². The number of rotatable bonds is 5. The molecule has 2 aromatic rings. The minimum atomic E-state index is -0.244. The zero-order valence-corrected chi connectivity index (χ0v) is 11.6. The summed E-state index contributed by atoms with van der Waals surface area (Å²) in [5.41, 5.74) is 1.76. The summed E-state index contributed by atoms with van der Waals surface area (Å²) in [5.74, 6) is 0.360. The molecule has 0 aliphatic carbocycles. The van der Waals surface area contributed by atoms with E-state index in [0.717, 1.165) is 11.1 Å². The van der Waals surface area contributed by atoms with Crippen LogP contribution in [0.4, 0.5) is 4.39 Å². The van der Waals surface area contributed by atoms with Crippen LogP contribution in [-0.2, 0) is 6.54 Å². The minimum absolute atomic E-state index is 0.0567. The van der Waals surface area contributed by atoms with Gasteiger partial charge in [-0.25, -0.2) is 4.39 Å². The van der Waals surface area contributed by atoms with Gasteiger partial charge in [0.1, 0.15) is 5.82 Å². The van der Waals surface area contributed by atoms with Gasteiger partial charge in [0.05, 0.1) is 7.11 Å². The van der Waals surface area contributed by atoms with Crippen LogP contribution in [0.2, 0.25) is 0 Å². The van der Waals surface area contributed by atoms with Gasteiger partial charge in [0.15, 0.2) is 11.5 Å². The summed E-state index contributed by atoms with van der Waals surface area (Å²) < 4.78 is 17.9. The Kier molecular flexibility index (Phi) is 4.58. The number of ether oxygens (including phenoxy) is 1. The molecular weight excluding hydrogens is 257 g/mol. The Labute approximate surface area is 118 Å². The molecule has 0 heterocycles. The highest BCUT2D eigenvalue weighted by molar-refractivity contribution is 5.45. The average molecular weight is 275 g/mol. The summed E-state index contributed by atoms with van der Waals surface area (Å²) in [7, 11) is 1.52. The van der Waals surface area contributed by atoms with Crippen LogP contribution >= 0.6 is 0 Å². The Bertz CT molecular complexity index is 569. The second-order valence-electron chi connectivity index (χ2n) is 4.62. The van der Waals surface area contributed by atoms with Gasteiger partial charge in [0.25, 0.3) is 0 Å². The van der Waals surface area contributed by atoms with Crippen LogP contribution < -0.4 is 10.1 Å². The summed E-state index contributed by atoms with van der Waals surface area (Å²) in [6, 6.07) is 11.8. The van der Waals surface area contributed by atoms with Crippen LogP contribution in [0, 0.1) is 5.82 Å². The zero-order valence-electron chi connectivity index (χ0n) is 11.6. The van der Waals surface area contributed by atoms with Crippen molar-refractivity contribution in [2.75, 3.05) is 7.11 Å². The molecule has 0 aromatic heterocycles. The molecule has 0 bridgehead atoms. The predicted octanol–water partition coefficient (Wildman–Crippen LogP) is 3.39. The van der Waals surface area contributed by atoms with E-state index >= 15 is 0 Å². The third kappa shape index (κ3) is 3.27. The molecule has 0 unspecified atom stereocenters. The first kappa shape index (κ1) is 14.3. The minimum Gasteiger partial charge on any atom is -0.504 e. The molecule has 2 aromatic carbocycles. The van der Waals surface area contributed by atoms with Gasteiger partial charge in [0.2, 0.25) is 0 Å². The highest BCUT2D eigenvalue weighted by atomic mass is 19.1. The summed E-state index contributed by atoms with van der Waals surface area (Å²) in [6.07, 6.45) is 0. The van der Waals surface area contributed by atoms with Crippen molar-refractivity contribution < 1.29 is 14.2 Å². The number of aromatic hydroxyl groups is 1. The fraction of sp³-hybridized carbons (Fsp3) is 0.250. The van der Waals surface area contributed by atoms with E-state index in [4.69, 9.17) is 4.74 Å². The molecule has 0 spiro atoms. The largest absolute Gasteiger partial charge is 0.504 e. The SMILES string of the molecule is COc1cccc(CN[C@H](C)c2ccc(F)cc2)c1O. The monoisotopic (exact) mass is 275 g/mol. The number of hydrogen-bond acceptors (Lipinski definition) is 3. The van der Waals surface area contributed by atoms with E-state index in [2.05, 4.69) is 5.32 Å². The highest BCUT2D eigenvalue weighted by Crippen LogP contribution is 2.29. The molecule has 20 heavy (non-hydrogen) atoms. The number of benzene rings is 2. The van der Waals surface area contributed by atoms with E-state index in [9.17, 15) is 9.50 Å². The molecule has 0 saturated carbocycles. The Morgan fingerprint density at radius 1 is 1.20 bits per heavy atom. The predicted molar refractivity (Wildman–Crippen MR) is 76.3 cm³/mol. The molecule has 0 radical (unpaired) electrons. The summed E-state index contributed by atoms with van der Waals surface area (Å²) in [5, 5.41) is 13.3. The molecule has 4 heteroatoms. The Morgan fingerprint density at radius 3 is 2.55 bits per heavy atom. The maximum absolute atomic E-state index is 12.9. The zero-order chi connectivity index (χ0) is 14.5. The van der Waals surface area contributed by atoms with E-state index in [0.29, 0.717) is 12.3 Å². The van der Waals surface area contributed by atoms with Crippen molar-refractivity contribution in [3.8, 4) is 11.5 Å². The standard InChI is InChI=1S/C16H18FNO2/c1-11(12-6-8-14(17)9-7-12)18-10-13-4-3-5-15(20-2)16(13)19/h3-9,11,18-19H,10H2,1-2H3/t11-/m1/s1. The lowest BCUT2D eigenvalue weighted by Crippen LogP contribution is -2.18. The molecule has 0 aliphatic rings. The first-order valence-electron chi connectivity index (χ1n) is 6.45. The van der Waals surface area contributed by atoms with Crippen molar-refractivity contribution in [2.24, 2.45) is 0 Å². The Hall–Kier alpha value is -2.07. The van der Waals surface area contributed by atoms with Gasteiger partial charge in [-0.3, -0.25) is 0 Å². The maximum Gasteiger partial charge on any atom is 0.162 e. The number of phenols is 1. The molecule has 0 fully saturated rings. The van der Waals surface area contributed by atoms with E-state index in [1.54, 1.807) is 18.2 Å². The van der Waals surface area contributed by atoms with E-state index in [1.165, 1.54) is 19.2 Å². The third-order valence-electron chi connectivity index (χ3n) is 3.27. The molecule has 0 saturated heterocycles. The lowest BCUT2D eigenvalue weighted by atomic mass is 10.1. The second-order valence-corrected chi connectivity index (χ2v) is 4.62. The molecule has 2 N–H and O–H groups in total. The Morgan fingerprint density at radius 2 is 1.90 bits per heavy atom. The molecule has 1 atom stereocenters. The summed E-state index contributed by atoms with van der Waals surface area (Å²) in [6.45, 7) is 2.49. The first-order valence-corrected chi connectivity index (χ1v) is 6.45. The lowest BCUT2D eigenvalue weighted by Gasteiger charge is -2.15. The van der Waals surface area contributed by atoms with Gasteiger partial charge in [-0.15, -0.1) is 0 Å². The van der Waals surface area contributed by atoms with Crippen molar-refractivity contribution in [3.05, 3.63) is 59.4 Å². The summed E-state index contributed by atoms with van der Waals surface area (Å²) in [4.78, 5) is 0. The van der Waals surface area contributed by atoms with Gasteiger partial charge >= 0.3 is 0 Å². The van der Waals surface area contributed by atoms with Gasteiger partial charge in [0, 0.05) is 18.2 Å². The fourth-order valence-corrected chi connectivity index (χ4v) is 2.01. The van der Waals surface area contributed by atoms with E-state index < -0.39 is 0 Å². The van der Waals surface area contributed by atoms with E-state index in [1.807, 2.05) is 19.1 Å².